The number of oxime groups is 1. The molecule has 1 aliphatic heterocycles. The zero-order valence-corrected chi connectivity index (χ0v) is 16.4. The Morgan fingerprint density at radius 3 is 1.88 bits per heavy atom. The molecule has 0 aromatic rings. The van der Waals surface area contributed by atoms with Crippen LogP contribution in [0.25, 0.3) is 5.32 Å². The third-order valence-corrected chi connectivity index (χ3v) is 1.76. The van der Waals surface area contributed by atoms with Gasteiger partial charge in [0.25, 0.3) is 0 Å². The summed E-state index contributed by atoms with van der Waals surface area (Å²) in [5, 5.41) is 15.4. The first-order valence-electron chi connectivity index (χ1n) is 4.51. The molecule has 1 rings (SSSR count). The van der Waals surface area contributed by atoms with Crippen molar-refractivity contribution in [3.05, 3.63) is 24.4 Å². The fourth-order valence-electron chi connectivity index (χ4n) is 0.753. The molecule has 0 aromatic carbocycles. The van der Waals surface area contributed by atoms with Gasteiger partial charge in [-0.2, -0.15) is 6.92 Å². The molecule has 0 spiro atoms. The SMILES string of the molecule is C[C-]=C(C)C.ON=C1CC[N-]CC1.[CH3-].[W].[Y]. The minimum Gasteiger partial charge on any atom is -0.662 e. The van der Waals surface area contributed by atoms with E-state index in [4.69, 9.17) is 5.21 Å². The molecular formula is C11H21N2OWY-3. The van der Waals surface area contributed by atoms with Crippen LogP contribution in [0.4, 0.5) is 0 Å². The number of allylic oxidation sites excluding steroid dienone is 2. The summed E-state index contributed by atoms with van der Waals surface area (Å²) in [6.07, 6.45) is 4.63. The third-order valence-electron chi connectivity index (χ3n) is 1.76. The van der Waals surface area contributed by atoms with E-state index in [1.807, 2.05) is 20.8 Å². The first-order valence-corrected chi connectivity index (χ1v) is 4.51. The van der Waals surface area contributed by atoms with E-state index >= 15 is 0 Å². The first kappa shape index (κ1) is 25.7. The molecule has 0 unspecified atom stereocenters. The fourth-order valence-corrected chi connectivity index (χ4v) is 0.753. The van der Waals surface area contributed by atoms with Crippen molar-refractivity contribution in [2.75, 3.05) is 13.1 Å². The second kappa shape index (κ2) is 18.3. The first-order chi connectivity index (χ1) is 6.20. The number of hydrogen-bond donors (Lipinski definition) is 1. The number of rotatable bonds is 0. The van der Waals surface area contributed by atoms with Gasteiger partial charge in [0.05, 0.1) is 5.71 Å². The Bertz CT molecular complexity index is 184. The third kappa shape index (κ3) is 17.4. The van der Waals surface area contributed by atoms with Crippen LogP contribution >= 0.6 is 0 Å². The second-order valence-corrected chi connectivity index (χ2v) is 3.09. The summed E-state index contributed by atoms with van der Waals surface area (Å²) in [4.78, 5) is 0. The second-order valence-electron chi connectivity index (χ2n) is 3.09. The van der Waals surface area contributed by atoms with E-state index in [9.17, 15) is 0 Å². The van der Waals surface area contributed by atoms with Gasteiger partial charge in [0.1, 0.15) is 0 Å². The van der Waals surface area contributed by atoms with Crippen LogP contribution in [0.15, 0.2) is 10.7 Å². The van der Waals surface area contributed by atoms with Gasteiger partial charge < -0.3 is 24.0 Å². The summed E-state index contributed by atoms with van der Waals surface area (Å²) in [6, 6.07) is 0. The zero-order valence-electron chi connectivity index (χ0n) is 10.7. The van der Waals surface area contributed by atoms with Crippen molar-refractivity contribution in [1.82, 2.24) is 0 Å². The number of nitrogens with zero attached hydrogens (tertiary/aromatic N) is 2. The number of piperidine rings is 1. The van der Waals surface area contributed by atoms with Gasteiger partial charge in [-0.05, 0) is 12.8 Å². The van der Waals surface area contributed by atoms with Crippen LogP contribution < -0.4 is 0 Å². The predicted molar refractivity (Wildman–Crippen MR) is 61.7 cm³/mol. The molecule has 5 heteroatoms. The summed E-state index contributed by atoms with van der Waals surface area (Å²) in [6.45, 7) is 7.63. The average Bonchev–Trinajstić information content (AvgIpc) is 2.20. The Kier molecular flexibility index (Phi) is 29.5. The van der Waals surface area contributed by atoms with Crippen molar-refractivity contribution in [3.63, 3.8) is 0 Å². The molecule has 1 saturated heterocycles. The van der Waals surface area contributed by atoms with Gasteiger partial charge in [-0.3, -0.25) is 5.57 Å². The quantitative estimate of drug-likeness (QED) is 0.330. The van der Waals surface area contributed by atoms with Gasteiger partial charge in [-0.25, -0.2) is 0 Å². The van der Waals surface area contributed by atoms with Crippen LogP contribution in [-0.2, 0) is 53.8 Å². The molecular weight excluding hydrogens is 449 g/mol. The summed E-state index contributed by atoms with van der Waals surface area (Å²) < 4.78 is 0. The Hall–Kier alpha value is 0.962. The Balaban J connectivity index is -0.0000000818. The Morgan fingerprint density at radius 1 is 1.31 bits per heavy atom. The van der Waals surface area contributed by atoms with Crippen molar-refractivity contribution >= 4 is 5.71 Å². The van der Waals surface area contributed by atoms with E-state index in [0.717, 1.165) is 31.6 Å². The average molecular weight is 470 g/mol. The van der Waals surface area contributed by atoms with Crippen LogP contribution in [0.2, 0.25) is 0 Å². The van der Waals surface area contributed by atoms with Gasteiger partial charge in [-0.15, -0.1) is 13.1 Å². The molecule has 0 bridgehead atoms. The molecule has 93 valence electrons. The van der Waals surface area contributed by atoms with Gasteiger partial charge in [0.15, 0.2) is 0 Å². The molecule has 3 nitrogen and oxygen atoms in total. The fraction of sp³-hybridized carbons (Fsp3) is 0.636. The molecule has 1 fully saturated rings. The topological polar surface area (TPSA) is 46.7 Å². The van der Waals surface area contributed by atoms with Crippen molar-refractivity contribution in [1.29, 1.82) is 0 Å². The summed E-state index contributed by atoms with van der Waals surface area (Å²) in [5.74, 6) is 0. The van der Waals surface area contributed by atoms with E-state index in [1.165, 1.54) is 5.57 Å². The van der Waals surface area contributed by atoms with Crippen LogP contribution in [0.1, 0.15) is 33.6 Å². The maximum atomic E-state index is 8.24. The van der Waals surface area contributed by atoms with E-state index in [-0.39, 0.29) is 61.2 Å². The Labute approximate surface area is 140 Å². The van der Waals surface area contributed by atoms with Crippen molar-refractivity contribution in [2.45, 2.75) is 33.6 Å². The number of hydrogen-bond acceptors (Lipinski definition) is 2. The van der Waals surface area contributed by atoms with Gasteiger partial charge in [0.2, 0.25) is 0 Å². The van der Waals surface area contributed by atoms with Gasteiger partial charge >= 0.3 is 0 Å². The van der Waals surface area contributed by atoms with E-state index < -0.39 is 0 Å². The molecule has 0 aliphatic carbocycles. The maximum absolute atomic E-state index is 8.24. The monoisotopic (exact) mass is 470 g/mol. The predicted octanol–water partition coefficient (Wildman–Crippen LogP) is 3.21. The summed E-state index contributed by atoms with van der Waals surface area (Å²) >= 11 is 0. The summed E-state index contributed by atoms with van der Waals surface area (Å²) in [5.41, 5.74) is 2.14. The Morgan fingerprint density at radius 2 is 1.69 bits per heavy atom. The molecule has 1 heterocycles. The van der Waals surface area contributed by atoms with Crippen molar-refractivity contribution in [2.24, 2.45) is 5.16 Å². The van der Waals surface area contributed by atoms with E-state index in [0.29, 0.717) is 0 Å². The van der Waals surface area contributed by atoms with Crippen LogP contribution in [0.5, 0.6) is 0 Å². The minimum absolute atomic E-state index is 0. The van der Waals surface area contributed by atoms with Crippen molar-refractivity contribution < 1.29 is 59.0 Å². The molecule has 0 atom stereocenters. The van der Waals surface area contributed by atoms with Crippen LogP contribution in [-0.4, -0.2) is 24.0 Å². The normalized spacial score (nSPS) is 12.6. The molecule has 16 heavy (non-hydrogen) atoms. The standard InChI is InChI=1S/C5H9N2O.C5H9.CH3.W.Y/c8-7-5-1-3-6-4-2-5;1-4-5(2)3;;;/h8H,1-4H2;1-3H3;1H3;;/q3*-1;;. The molecule has 1 radical (unpaired) electrons. The van der Waals surface area contributed by atoms with Gasteiger partial charge in [-0.1, -0.05) is 19.0 Å². The smallest absolute Gasteiger partial charge is 0.0536 e. The van der Waals surface area contributed by atoms with Gasteiger partial charge in [0, 0.05) is 53.8 Å². The zero-order chi connectivity index (χ0) is 10.1. The molecule has 0 saturated carbocycles. The van der Waals surface area contributed by atoms with Crippen molar-refractivity contribution in [3.8, 4) is 0 Å². The minimum atomic E-state index is 0. The molecule has 1 aliphatic rings. The largest absolute Gasteiger partial charge is 0.662 e. The van der Waals surface area contributed by atoms with E-state index in [1.54, 1.807) is 0 Å². The maximum Gasteiger partial charge on any atom is 0.0536 e. The molecule has 0 aromatic heterocycles. The van der Waals surface area contributed by atoms with Crippen LogP contribution in [0.3, 0.4) is 0 Å². The molecule has 1 N–H and O–H groups in total. The van der Waals surface area contributed by atoms with E-state index in [2.05, 4.69) is 16.5 Å². The van der Waals surface area contributed by atoms with Crippen LogP contribution in [0, 0.1) is 13.5 Å². The molecule has 0 amide bonds. The summed E-state index contributed by atoms with van der Waals surface area (Å²) in [7, 11) is 0.